The summed E-state index contributed by atoms with van der Waals surface area (Å²) < 4.78 is 0. The van der Waals surface area contributed by atoms with Crippen LogP contribution in [0.1, 0.15) is 26.2 Å². The van der Waals surface area contributed by atoms with Crippen LogP contribution in [0.2, 0.25) is 0 Å². The molecule has 3 aliphatic rings. The van der Waals surface area contributed by atoms with Crippen molar-refractivity contribution in [1.29, 1.82) is 0 Å². The molecule has 122 valence electrons. The molecule has 1 aliphatic carbocycles. The minimum atomic E-state index is -0.473. The summed E-state index contributed by atoms with van der Waals surface area (Å²) in [5.41, 5.74) is 0. The van der Waals surface area contributed by atoms with E-state index in [1.54, 1.807) is 0 Å². The third kappa shape index (κ3) is 3.24. The van der Waals surface area contributed by atoms with Gasteiger partial charge in [-0.25, -0.2) is 0 Å². The minimum Gasteiger partial charge on any atom is -0.352 e. The lowest BCUT2D eigenvalue weighted by Crippen LogP contribution is -2.51. The van der Waals surface area contributed by atoms with Crippen LogP contribution in [0.5, 0.6) is 0 Å². The number of carbonyl (C=O) groups excluding carboxylic acids is 3. The maximum atomic E-state index is 12.8. The van der Waals surface area contributed by atoms with Crippen molar-refractivity contribution in [2.24, 2.45) is 5.92 Å². The van der Waals surface area contributed by atoms with Crippen molar-refractivity contribution in [1.82, 2.24) is 20.4 Å². The fourth-order valence-electron chi connectivity index (χ4n) is 3.52. The van der Waals surface area contributed by atoms with E-state index in [4.69, 9.17) is 0 Å². The lowest BCUT2D eigenvalue weighted by molar-refractivity contribution is -0.136. The maximum absolute atomic E-state index is 12.8. The first kappa shape index (κ1) is 15.3. The third-order valence-electron chi connectivity index (χ3n) is 4.68. The van der Waals surface area contributed by atoms with Crippen molar-refractivity contribution in [2.45, 2.75) is 44.3 Å². The first-order valence-electron chi connectivity index (χ1n) is 8.00. The van der Waals surface area contributed by atoms with Gasteiger partial charge >= 0.3 is 0 Å². The zero-order valence-electron chi connectivity index (χ0n) is 13.2. The first-order chi connectivity index (χ1) is 10.4. The average molecular weight is 308 g/mol. The number of hydrogen-bond acceptors (Lipinski definition) is 4. The van der Waals surface area contributed by atoms with E-state index in [1.807, 2.05) is 11.9 Å². The molecule has 2 saturated heterocycles. The van der Waals surface area contributed by atoms with Gasteiger partial charge in [0.25, 0.3) is 0 Å². The highest BCUT2D eigenvalue weighted by atomic mass is 16.2. The number of amides is 3. The van der Waals surface area contributed by atoms with Gasteiger partial charge in [-0.05, 0) is 26.3 Å². The molecule has 7 heteroatoms. The van der Waals surface area contributed by atoms with Crippen LogP contribution in [0.3, 0.4) is 0 Å². The van der Waals surface area contributed by atoms with Gasteiger partial charge in [0, 0.05) is 44.6 Å². The Labute approximate surface area is 130 Å². The van der Waals surface area contributed by atoms with Crippen LogP contribution in [-0.2, 0) is 14.4 Å². The molecule has 0 spiro atoms. The Morgan fingerprint density at radius 2 is 1.86 bits per heavy atom. The van der Waals surface area contributed by atoms with E-state index >= 15 is 0 Å². The van der Waals surface area contributed by atoms with Crippen LogP contribution >= 0.6 is 0 Å². The predicted molar refractivity (Wildman–Crippen MR) is 79.9 cm³/mol. The van der Waals surface area contributed by atoms with Gasteiger partial charge in [-0.15, -0.1) is 0 Å². The summed E-state index contributed by atoms with van der Waals surface area (Å²) >= 11 is 0. The predicted octanol–water partition coefficient (Wildman–Crippen LogP) is -1.07. The van der Waals surface area contributed by atoms with Crippen molar-refractivity contribution < 1.29 is 14.4 Å². The van der Waals surface area contributed by atoms with Gasteiger partial charge in [-0.2, -0.15) is 0 Å². The summed E-state index contributed by atoms with van der Waals surface area (Å²) in [7, 11) is 1.97. The van der Waals surface area contributed by atoms with Crippen LogP contribution in [0.15, 0.2) is 0 Å². The quantitative estimate of drug-likeness (QED) is 0.696. The molecule has 3 amide bonds. The highest BCUT2D eigenvalue weighted by Crippen LogP contribution is 2.29. The number of fused-ring (bicyclic) bond motifs is 1. The molecule has 0 bridgehead atoms. The zero-order chi connectivity index (χ0) is 15.9. The molecule has 22 heavy (non-hydrogen) atoms. The number of nitrogens with zero attached hydrogens (tertiary/aromatic N) is 2. The van der Waals surface area contributed by atoms with Gasteiger partial charge in [-0.3, -0.25) is 14.4 Å². The Hall–Kier alpha value is -1.63. The van der Waals surface area contributed by atoms with Crippen molar-refractivity contribution in [3.8, 4) is 0 Å². The Morgan fingerprint density at radius 1 is 1.14 bits per heavy atom. The summed E-state index contributed by atoms with van der Waals surface area (Å²) in [6.45, 7) is 3.36. The fraction of sp³-hybridized carbons (Fsp3) is 0.800. The second-order valence-corrected chi connectivity index (χ2v) is 6.83. The standard InChI is InChI=1S/C15H24N4O3/c1-9(20)16-11-5-12-7-18(2)8-13(15(22)19(12)6-11)17-14(21)10-3-4-10/h10-13H,3-8H2,1-2H3,(H,16,20)(H,17,21)/t11-,12-,13-/m0/s1. The molecule has 2 aliphatic heterocycles. The van der Waals surface area contributed by atoms with Gasteiger partial charge in [0.15, 0.2) is 0 Å². The second kappa shape index (κ2) is 5.87. The topological polar surface area (TPSA) is 81.8 Å². The normalized spacial score (nSPS) is 32.4. The molecule has 3 fully saturated rings. The summed E-state index contributed by atoms with van der Waals surface area (Å²) in [5, 5.41) is 5.81. The second-order valence-electron chi connectivity index (χ2n) is 6.83. The maximum Gasteiger partial charge on any atom is 0.246 e. The summed E-state index contributed by atoms with van der Waals surface area (Å²) in [5.74, 6) is 0.0175. The Balaban J connectivity index is 1.68. The van der Waals surface area contributed by atoms with Gasteiger partial charge in [0.1, 0.15) is 6.04 Å². The van der Waals surface area contributed by atoms with E-state index in [1.165, 1.54) is 6.92 Å². The van der Waals surface area contributed by atoms with E-state index in [9.17, 15) is 14.4 Å². The Kier molecular flexibility index (Phi) is 4.08. The smallest absolute Gasteiger partial charge is 0.246 e. The minimum absolute atomic E-state index is 0.00260. The zero-order valence-corrected chi connectivity index (χ0v) is 13.2. The molecule has 0 radical (unpaired) electrons. The van der Waals surface area contributed by atoms with E-state index in [0.717, 1.165) is 25.8 Å². The lowest BCUT2D eigenvalue weighted by Gasteiger charge is -2.24. The number of carbonyl (C=O) groups is 3. The summed E-state index contributed by atoms with van der Waals surface area (Å²) in [6, 6.07) is -0.353. The van der Waals surface area contributed by atoms with E-state index in [2.05, 4.69) is 15.5 Å². The van der Waals surface area contributed by atoms with Crippen molar-refractivity contribution in [3.63, 3.8) is 0 Å². The third-order valence-corrected chi connectivity index (χ3v) is 4.68. The SMILES string of the molecule is CC(=O)N[C@H]1C[C@H]2CN(C)C[C@H](NC(=O)C3CC3)C(=O)N2C1. The first-order valence-corrected chi connectivity index (χ1v) is 8.00. The highest BCUT2D eigenvalue weighted by Gasteiger charge is 2.43. The van der Waals surface area contributed by atoms with Crippen LogP contribution in [0, 0.1) is 5.92 Å². The molecule has 0 aromatic heterocycles. The summed E-state index contributed by atoms with van der Waals surface area (Å²) in [6.07, 6.45) is 2.64. The monoisotopic (exact) mass is 308 g/mol. The number of hydrogen-bond donors (Lipinski definition) is 2. The fourth-order valence-corrected chi connectivity index (χ4v) is 3.52. The summed E-state index contributed by atoms with van der Waals surface area (Å²) in [4.78, 5) is 39.9. The molecule has 0 aromatic rings. The van der Waals surface area contributed by atoms with Crippen LogP contribution in [0.25, 0.3) is 0 Å². The van der Waals surface area contributed by atoms with Gasteiger partial charge in [-0.1, -0.05) is 0 Å². The Bertz CT molecular complexity index is 491. The number of rotatable bonds is 3. The molecular formula is C15H24N4O3. The number of nitrogens with one attached hydrogen (secondary N) is 2. The van der Waals surface area contributed by atoms with Crippen LogP contribution in [-0.4, -0.2) is 72.3 Å². The molecule has 1 saturated carbocycles. The molecule has 2 N–H and O–H groups in total. The molecule has 0 unspecified atom stereocenters. The van der Waals surface area contributed by atoms with Gasteiger partial charge < -0.3 is 20.4 Å². The van der Waals surface area contributed by atoms with Crippen molar-refractivity contribution in [3.05, 3.63) is 0 Å². The van der Waals surface area contributed by atoms with E-state index < -0.39 is 6.04 Å². The van der Waals surface area contributed by atoms with Gasteiger partial charge in [0.2, 0.25) is 17.7 Å². The Morgan fingerprint density at radius 3 is 2.50 bits per heavy atom. The molecule has 3 atom stereocenters. The largest absolute Gasteiger partial charge is 0.352 e. The van der Waals surface area contributed by atoms with E-state index in [-0.39, 0.29) is 35.7 Å². The average Bonchev–Trinajstić information content (AvgIpc) is 3.21. The number of likely N-dealkylation sites (N-methyl/N-ethyl adjacent to an activating group) is 1. The highest BCUT2D eigenvalue weighted by molar-refractivity contribution is 5.90. The molecule has 2 heterocycles. The molecule has 0 aromatic carbocycles. The molecule has 7 nitrogen and oxygen atoms in total. The van der Waals surface area contributed by atoms with Gasteiger partial charge in [0.05, 0.1) is 0 Å². The lowest BCUT2D eigenvalue weighted by atomic mass is 10.1. The molecule has 3 rings (SSSR count). The van der Waals surface area contributed by atoms with E-state index in [0.29, 0.717) is 13.1 Å². The van der Waals surface area contributed by atoms with Crippen LogP contribution in [0.4, 0.5) is 0 Å². The van der Waals surface area contributed by atoms with Crippen molar-refractivity contribution >= 4 is 17.7 Å². The van der Waals surface area contributed by atoms with Crippen molar-refractivity contribution in [2.75, 3.05) is 26.7 Å². The molecular weight excluding hydrogens is 284 g/mol. The van der Waals surface area contributed by atoms with Crippen LogP contribution < -0.4 is 10.6 Å².